The molecule has 2 nitrogen and oxygen atoms in total. The van der Waals surface area contributed by atoms with Gasteiger partial charge < -0.3 is 10.2 Å². The van der Waals surface area contributed by atoms with Crippen LogP contribution in [0.15, 0.2) is 43.0 Å². The van der Waals surface area contributed by atoms with Crippen LogP contribution >= 0.6 is 11.8 Å². The minimum Gasteiger partial charge on any atom is -0.313 e. The zero-order valence-corrected chi connectivity index (χ0v) is 13.8. The van der Waals surface area contributed by atoms with Crippen LogP contribution in [-0.2, 0) is 6.42 Å². The van der Waals surface area contributed by atoms with Gasteiger partial charge in [-0.3, -0.25) is 0 Å². The van der Waals surface area contributed by atoms with Crippen molar-refractivity contribution in [2.75, 3.05) is 37.7 Å². The highest BCUT2D eigenvalue weighted by Crippen LogP contribution is 2.11. The van der Waals surface area contributed by atoms with E-state index in [-0.39, 0.29) is 0 Å². The summed E-state index contributed by atoms with van der Waals surface area (Å²) in [6.45, 7) is 8.56. The molecule has 2 rings (SSSR count). The SMILES string of the molecule is C=CCSCCNC1CCN(CCc2ccccc2)CC1. The van der Waals surface area contributed by atoms with Gasteiger partial charge >= 0.3 is 0 Å². The van der Waals surface area contributed by atoms with Crippen molar-refractivity contribution in [3.63, 3.8) is 0 Å². The Morgan fingerprint density at radius 2 is 2.00 bits per heavy atom. The number of hydrogen-bond acceptors (Lipinski definition) is 3. The largest absolute Gasteiger partial charge is 0.313 e. The van der Waals surface area contributed by atoms with E-state index in [1.165, 1.54) is 50.2 Å². The van der Waals surface area contributed by atoms with Gasteiger partial charge in [-0.2, -0.15) is 11.8 Å². The summed E-state index contributed by atoms with van der Waals surface area (Å²) < 4.78 is 0. The average molecular weight is 305 g/mol. The van der Waals surface area contributed by atoms with Crippen LogP contribution in [0.2, 0.25) is 0 Å². The standard InChI is InChI=1S/C18H28N2S/c1-2-15-21-16-11-19-18-9-13-20(14-10-18)12-8-17-6-4-3-5-7-17/h2-7,18-19H,1,8-16H2. The topological polar surface area (TPSA) is 15.3 Å². The van der Waals surface area contributed by atoms with Gasteiger partial charge in [0.05, 0.1) is 0 Å². The molecule has 0 atom stereocenters. The lowest BCUT2D eigenvalue weighted by Crippen LogP contribution is -2.43. The Morgan fingerprint density at radius 1 is 1.24 bits per heavy atom. The maximum absolute atomic E-state index is 3.75. The molecular weight excluding hydrogens is 276 g/mol. The Balaban J connectivity index is 1.55. The Hall–Kier alpha value is -0.770. The van der Waals surface area contributed by atoms with Crippen LogP contribution in [0.4, 0.5) is 0 Å². The van der Waals surface area contributed by atoms with Crippen molar-refractivity contribution >= 4 is 11.8 Å². The fourth-order valence-corrected chi connectivity index (χ4v) is 3.39. The van der Waals surface area contributed by atoms with E-state index in [1.807, 2.05) is 17.8 Å². The number of hydrogen-bond donors (Lipinski definition) is 1. The van der Waals surface area contributed by atoms with Crippen molar-refractivity contribution in [3.8, 4) is 0 Å². The molecule has 116 valence electrons. The minimum absolute atomic E-state index is 0.724. The molecule has 1 aliphatic rings. The molecule has 1 aromatic carbocycles. The quantitative estimate of drug-likeness (QED) is 0.557. The lowest BCUT2D eigenvalue weighted by atomic mass is 10.0. The third-order valence-corrected chi connectivity index (χ3v) is 5.03. The molecule has 21 heavy (non-hydrogen) atoms. The Bertz CT molecular complexity index is 385. The molecule has 0 amide bonds. The first kappa shape index (κ1) is 16.6. The van der Waals surface area contributed by atoms with Gasteiger partial charge in [0.2, 0.25) is 0 Å². The van der Waals surface area contributed by atoms with Crippen molar-refractivity contribution in [3.05, 3.63) is 48.6 Å². The van der Waals surface area contributed by atoms with Crippen molar-refractivity contribution in [1.29, 1.82) is 0 Å². The molecule has 1 aliphatic heterocycles. The zero-order chi connectivity index (χ0) is 14.8. The van der Waals surface area contributed by atoms with Crippen LogP contribution in [0, 0.1) is 0 Å². The molecule has 0 aromatic heterocycles. The Kier molecular flexibility index (Phi) is 7.94. The summed E-state index contributed by atoms with van der Waals surface area (Å²) in [4.78, 5) is 2.61. The highest BCUT2D eigenvalue weighted by atomic mass is 32.2. The number of benzene rings is 1. The number of thioether (sulfide) groups is 1. The van der Waals surface area contributed by atoms with Crippen molar-refractivity contribution in [1.82, 2.24) is 10.2 Å². The Morgan fingerprint density at radius 3 is 2.71 bits per heavy atom. The first-order valence-electron chi connectivity index (χ1n) is 8.07. The van der Waals surface area contributed by atoms with Gasteiger partial charge in [-0.25, -0.2) is 0 Å². The maximum Gasteiger partial charge on any atom is 0.0111 e. The van der Waals surface area contributed by atoms with E-state index < -0.39 is 0 Å². The van der Waals surface area contributed by atoms with E-state index in [0.29, 0.717) is 0 Å². The molecule has 0 unspecified atom stereocenters. The van der Waals surface area contributed by atoms with Crippen LogP contribution in [0.3, 0.4) is 0 Å². The highest BCUT2D eigenvalue weighted by Gasteiger charge is 2.17. The van der Waals surface area contributed by atoms with Crippen LogP contribution in [-0.4, -0.2) is 48.6 Å². The van der Waals surface area contributed by atoms with Gasteiger partial charge in [-0.1, -0.05) is 36.4 Å². The smallest absolute Gasteiger partial charge is 0.0111 e. The zero-order valence-electron chi connectivity index (χ0n) is 13.0. The summed E-state index contributed by atoms with van der Waals surface area (Å²) in [7, 11) is 0. The number of piperidine rings is 1. The van der Waals surface area contributed by atoms with E-state index in [0.717, 1.165) is 18.3 Å². The molecule has 0 aliphatic carbocycles. The normalized spacial score (nSPS) is 17.0. The lowest BCUT2D eigenvalue weighted by molar-refractivity contribution is 0.201. The highest BCUT2D eigenvalue weighted by molar-refractivity contribution is 7.99. The van der Waals surface area contributed by atoms with E-state index >= 15 is 0 Å². The molecular formula is C18H28N2S. The van der Waals surface area contributed by atoms with Crippen LogP contribution in [0.25, 0.3) is 0 Å². The van der Waals surface area contributed by atoms with Crippen molar-refractivity contribution in [2.24, 2.45) is 0 Å². The van der Waals surface area contributed by atoms with E-state index in [2.05, 4.69) is 47.1 Å². The summed E-state index contributed by atoms with van der Waals surface area (Å²) in [5.74, 6) is 2.26. The second-order valence-corrected chi connectivity index (χ2v) is 6.82. The van der Waals surface area contributed by atoms with Gasteiger partial charge in [-0.05, 0) is 37.9 Å². The molecule has 3 heteroatoms. The van der Waals surface area contributed by atoms with Gasteiger partial charge in [0.15, 0.2) is 0 Å². The monoisotopic (exact) mass is 304 g/mol. The first-order chi connectivity index (χ1) is 10.4. The van der Waals surface area contributed by atoms with Gasteiger partial charge in [0, 0.05) is 30.6 Å². The average Bonchev–Trinajstić information content (AvgIpc) is 2.55. The van der Waals surface area contributed by atoms with Gasteiger partial charge in [0.1, 0.15) is 0 Å². The van der Waals surface area contributed by atoms with Crippen LogP contribution < -0.4 is 5.32 Å². The fourth-order valence-electron chi connectivity index (χ4n) is 2.79. The molecule has 1 N–H and O–H groups in total. The van der Waals surface area contributed by atoms with Crippen LogP contribution in [0.5, 0.6) is 0 Å². The second kappa shape index (κ2) is 10.0. The van der Waals surface area contributed by atoms with Crippen molar-refractivity contribution < 1.29 is 0 Å². The summed E-state index contributed by atoms with van der Waals surface area (Å²) >= 11 is 1.96. The Labute approximate surface area is 134 Å². The fraction of sp³-hybridized carbons (Fsp3) is 0.556. The second-order valence-electron chi connectivity index (χ2n) is 5.67. The molecule has 0 radical (unpaired) electrons. The maximum atomic E-state index is 3.75. The van der Waals surface area contributed by atoms with E-state index in [9.17, 15) is 0 Å². The van der Waals surface area contributed by atoms with Gasteiger partial charge in [0.25, 0.3) is 0 Å². The minimum atomic E-state index is 0.724. The third kappa shape index (κ3) is 6.68. The molecule has 1 heterocycles. The van der Waals surface area contributed by atoms with E-state index in [1.54, 1.807) is 0 Å². The summed E-state index contributed by atoms with van der Waals surface area (Å²) in [6, 6.07) is 11.5. The van der Waals surface area contributed by atoms with Gasteiger partial charge in [-0.15, -0.1) is 6.58 Å². The molecule has 1 aromatic rings. The molecule has 1 fully saturated rings. The molecule has 0 bridgehead atoms. The molecule has 1 saturated heterocycles. The third-order valence-electron chi connectivity index (χ3n) is 4.06. The first-order valence-corrected chi connectivity index (χ1v) is 9.22. The summed E-state index contributed by atoms with van der Waals surface area (Å²) in [5, 5.41) is 3.69. The predicted molar refractivity (Wildman–Crippen MR) is 95.1 cm³/mol. The number of nitrogens with zero attached hydrogens (tertiary/aromatic N) is 1. The van der Waals surface area contributed by atoms with Crippen molar-refractivity contribution in [2.45, 2.75) is 25.3 Å². The summed E-state index contributed by atoms with van der Waals surface area (Å²) in [6.07, 6.45) is 5.74. The number of likely N-dealkylation sites (tertiary alicyclic amines) is 1. The molecule has 0 saturated carbocycles. The predicted octanol–water partition coefficient (Wildman–Crippen LogP) is 3.20. The van der Waals surface area contributed by atoms with Crippen LogP contribution in [0.1, 0.15) is 18.4 Å². The number of nitrogens with one attached hydrogen (secondary N) is 1. The summed E-state index contributed by atoms with van der Waals surface area (Å²) in [5.41, 5.74) is 1.46. The molecule has 0 spiro atoms. The number of rotatable bonds is 9. The van der Waals surface area contributed by atoms with E-state index in [4.69, 9.17) is 0 Å². The lowest BCUT2D eigenvalue weighted by Gasteiger charge is -2.32.